The van der Waals surface area contributed by atoms with Crippen LogP contribution in [-0.2, 0) is 9.47 Å². The minimum absolute atomic E-state index is 0.0313. The molecular weight excluding hydrogens is 258 g/mol. The number of aryl methyl sites for hydroxylation is 1. The standard InChI is InChI=1S/C15H23NO4/c1-6-20-15(18)14-10(2)9-13(17)16(12(14)4)11(3)7-8-19-5/h9,11H,6-8H2,1-5H3. The van der Waals surface area contributed by atoms with Crippen LogP contribution >= 0.6 is 0 Å². The third kappa shape index (κ3) is 3.48. The van der Waals surface area contributed by atoms with Crippen molar-refractivity contribution in [3.63, 3.8) is 0 Å². The highest BCUT2D eigenvalue weighted by Crippen LogP contribution is 2.18. The Morgan fingerprint density at radius 1 is 1.40 bits per heavy atom. The summed E-state index contributed by atoms with van der Waals surface area (Å²) in [4.78, 5) is 24.2. The monoisotopic (exact) mass is 281 g/mol. The normalized spacial score (nSPS) is 12.2. The van der Waals surface area contributed by atoms with E-state index in [0.29, 0.717) is 36.5 Å². The Hall–Kier alpha value is -1.62. The Balaban J connectivity index is 3.29. The second-order valence-corrected chi connectivity index (χ2v) is 4.85. The SMILES string of the molecule is CCOC(=O)c1c(C)cc(=O)n(C(C)CCOC)c1C. The van der Waals surface area contributed by atoms with Crippen molar-refractivity contribution in [2.75, 3.05) is 20.3 Å². The lowest BCUT2D eigenvalue weighted by Crippen LogP contribution is -2.29. The molecule has 0 bridgehead atoms. The van der Waals surface area contributed by atoms with Gasteiger partial charge in [-0.1, -0.05) is 0 Å². The van der Waals surface area contributed by atoms with Crippen molar-refractivity contribution in [2.45, 2.75) is 40.2 Å². The molecule has 0 radical (unpaired) electrons. The molecule has 0 aliphatic heterocycles. The fourth-order valence-electron chi connectivity index (χ4n) is 2.38. The Morgan fingerprint density at radius 3 is 2.60 bits per heavy atom. The van der Waals surface area contributed by atoms with Crippen LogP contribution in [0.5, 0.6) is 0 Å². The lowest BCUT2D eigenvalue weighted by molar-refractivity contribution is 0.0523. The van der Waals surface area contributed by atoms with Crippen LogP contribution in [0.1, 0.15) is 47.9 Å². The highest BCUT2D eigenvalue weighted by atomic mass is 16.5. The molecule has 0 saturated heterocycles. The highest BCUT2D eigenvalue weighted by Gasteiger charge is 2.20. The molecule has 1 aromatic rings. The van der Waals surface area contributed by atoms with Gasteiger partial charge in [0.25, 0.3) is 5.56 Å². The van der Waals surface area contributed by atoms with Gasteiger partial charge in [-0.2, -0.15) is 0 Å². The fourth-order valence-corrected chi connectivity index (χ4v) is 2.38. The minimum atomic E-state index is -0.379. The molecule has 5 heteroatoms. The van der Waals surface area contributed by atoms with Crippen molar-refractivity contribution >= 4 is 5.97 Å². The van der Waals surface area contributed by atoms with E-state index in [0.717, 1.165) is 0 Å². The van der Waals surface area contributed by atoms with E-state index in [2.05, 4.69) is 0 Å². The summed E-state index contributed by atoms with van der Waals surface area (Å²) < 4.78 is 11.8. The van der Waals surface area contributed by atoms with Gasteiger partial charge in [-0.05, 0) is 39.7 Å². The number of hydrogen-bond acceptors (Lipinski definition) is 4. The van der Waals surface area contributed by atoms with E-state index < -0.39 is 0 Å². The molecule has 0 spiro atoms. The third-order valence-electron chi connectivity index (χ3n) is 3.35. The van der Waals surface area contributed by atoms with Crippen LogP contribution in [0.2, 0.25) is 0 Å². The molecule has 5 nitrogen and oxygen atoms in total. The van der Waals surface area contributed by atoms with Gasteiger partial charge < -0.3 is 14.0 Å². The number of pyridine rings is 1. The third-order valence-corrected chi connectivity index (χ3v) is 3.35. The van der Waals surface area contributed by atoms with Crippen molar-refractivity contribution < 1.29 is 14.3 Å². The Morgan fingerprint density at radius 2 is 2.05 bits per heavy atom. The van der Waals surface area contributed by atoms with Gasteiger partial charge in [0.2, 0.25) is 0 Å². The molecule has 1 atom stereocenters. The molecule has 0 fully saturated rings. The molecule has 0 saturated carbocycles. The van der Waals surface area contributed by atoms with Crippen molar-refractivity contribution in [1.29, 1.82) is 0 Å². The number of esters is 1. The molecule has 1 rings (SSSR count). The average Bonchev–Trinajstić information content (AvgIpc) is 2.35. The number of hydrogen-bond donors (Lipinski definition) is 0. The van der Waals surface area contributed by atoms with Gasteiger partial charge in [-0.3, -0.25) is 4.79 Å². The largest absolute Gasteiger partial charge is 0.462 e. The Kier molecular flexibility index (Phi) is 5.95. The quantitative estimate of drug-likeness (QED) is 0.750. The second-order valence-electron chi connectivity index (χ2n) is 4.85. The smallest absolute Gasteiger partial charge is 0.340 e. The van der Waals surface area contributed by atoms with Crippen molar-refractivity contribution in [2.24, 2.45) is 0 Å². The maximum atomic E-state index is 12.2. The predicted octanol–water partition coefficient (Wildman–Crippen LogP) is 2.24. The predicted molar refractivity (Wildman–Crippen MR) is 77.3 cm³/mol. The zero-order chi connectivity index (χ0) is 15.3. The van der Waals surface area contributed by atoms with Crippen LogP contribution in [0.4, 0.5) is 0 Å². The lowest BCUT2D eigenvalue weighted by Gasteiger charge is -2.20. The molecule has 0 N–H and O–H groups in total. The zero-order valence-electron chi connectivity index (χ0n) is 12.9. The molecule has 0 aliphatic rings. The summed E-state index contributed by atoms with van der Waals surface area (Å²) >= 11 is 0. The molecule has 0 amide bonds. The second kappa shape index (κ2) is 7.24. The van der Waals surface area contributed by atoms with Crippen LogP contribution in [0.25, 0.3) is 0 Å². The van der Waals surface area contributed by atoms with Gasteiger partial charge in [0.05, 0.1) is 12.2 Å². The van der Waals surface area contributed by atoms with Gasteiger partial charge in [-0.25, -0.2) is 4.79 Å². The van der Waals surface area contributed by atoms with E-state index in [1.54, 1.807) is 32.4 Å². The number of rotatable bonds is 6. The van der Waals surface area contributed by atoms with Crippen molar-refractivity contribution in [3.8, 4) is 0 Å². The zero-order valence-corrected chi connectivity index (χ0v) is 12.9. The topological polar surface area (TPSA) is 57.5 Å². The number of methoxy groups -OCH3 is 1. The van der Waals surface area contributed by atoms with Gasteiger partial charge in [0.1, 0.15) is 0 Å². The van der Waals surface area contributed by atoms with Crippen LogP contribution in [0.15, 0.2) is 10.9 Å². The summed E-state index contributed by atoms with van der Waals surface area (Å²) in [5.41, 5.74) is 1.69. The van der Waals surface area contributed by atoms with Gasteiger partial charge >= 0.3 is 5.97 Å². The summed E-state index contributed by atoms with van der Waals surface area (Å²) in [7, 11) is 1.63. The lowest BCUT2D eigenvalue weighted by atomic mass is 10.1. The first-order chi connectivity index (χ1) is 9.43. The van der Waals surface area contributed by atoms with E-state index in [1.807, 2.05) is 6.92 Å². The summed E-state index contributed by atoms with van der Waals surface area (Å²) in [5, 5.41) is 0. The summed E-state index contributed by atoms with van der Waals surface area (Å²) in [5.74, 6) is -0.379. The maximum absolute atomic E-state index is 12.2. The average molecular weight is 281 g/mol. The highest BCUT2D eigenvalue weighted by molar-refractivity contribution is 5.92. The van der Waals surface area contributed by atoms with E-state index in [4.69, 9.17) is 9.47 Å². The number of carbonyl (C=O) groups is 1. The molecule has 112 valence electrons. The number of carbonyl (C=O) groups excluding carboxylic acids is 1. The van der Waals surface area contributed by atoms with Crippen LogP contribution in [0, 0.1) is 13.8 Å². The Labute approximate surface area is 119 Å². The van der Waals surface area contributed by atoms with Crippen LogP contribution in [-0.4, -0.2) is 30.9 Å². The molecule has 0 aromatic carbocycles. The van der Waals surface area contributed by atoms with Gasteiger partial charge in [-0.15, -0.1) is 0 Å². The Bertz CT molecular complexity index is 533. The van der Waals surface area contributed by atoms with Crippen LogP contribution < -0.4 is 5.56 Å². The van der Waals surface area contributed by atoms with E-state index >= 15 is 0 Å². The van der Waals surface area contributed by atoms with E-state index in [-0.39, 0.29) is 17.6 Å². The maximum Gasteiger partial charge on any atom is 0.340 e. The molecule has 20 heavy (non-hydrogen) atoms. The first-order valence-corrected chi connectivity index (χ1v) is 6.82. The summed E-state index contributed by atoms with van der Waals surface area (Å²) in [6, 6.07) is 1.46. The summed E-state index contributed by atoms with van der Waals surface area (Å²) in [6.45, 7) is 8.12. The van der Waals surface area contributed by atoms with E-state index in [1.165, 1.54) is 6.07 Å². The summed E-state index contributed by atoms with van der Waals surface area (Å²) in [6.07, 6.45) is 0.711. The van der Waals surface area contributed by atoms with Crippen molar-refractivity contribution in [1.82, 2.24) is 4.57 Å². The number of aromatic nitrogens is 1. The fraction of sp³-hybridized carbons (Fsp3) is 0.600. The minimum Gasteiger partial charge on any atom is -0.462 e. The first kappa shape index (κ1) is 16.4. The van der Waals surface area contributed by atoms with Crippen LogP contribution in [0.3, 0.4) is 0 Å². The molecular formula is C15H23NO4. The van der Waals surface area contributed by atoms with Gasteiger partial charge in [0.15, 0.2) is 0 Å². The molecule has 1 unspecified atom stereocenters. The molecule has 0 aliphatic carbocycles. The van der Waals surface area contributed by atoms with E-state index in [9.17, 15) is 9.59 Å². The first-order valence-electron chi connectivity index (χ1n) is 6.82. The molecule has 1 aromatic heterocycles. The van der Waals surface area contributed by atoms with Gasteiger partial charge in [0, 0.05) is 31.5 Å². The molecule has 1 heterocycles. The number of nitrogens with zero attached hydrogens (tertiary/aromatic N) is 1. The van der Waals surface area contributed by atoms with Crippen molar-refractivity contribution in [3.05, 3.63) is 33.2 Å². The number of ether oxygens (including phenoxy) is 2.